The minimum atomic E-state index is -0.307. The normalized spacial score (nSPS) is 13.7. The Morgan fingerprint density at radius 1 is 1.00 bits per heavy atom. The first kappa shape index (κ1) is 18.5. The highest BCUT2D eigenvalue weighted by molar-refractivity contribution is 6.32. The lowest BCUT2D eigenvalue weighted by Gasteiger charge is -2.16. The van der Waals surface area contributed by atoms with Crippen molar-refractivity contribution in [2.24, 2.45) is 0 Å². The number of nitrogens with zero attached hydrogens (tertiary/aromatic N) is 4. The molecule has 1 aromatic carbocycles. The zero-order valence-electron chi connectivity index (χ0n) is 15.5. The number of pyridine rings is 1. The maximum atomic E-state index is 12.5. The molecule has 0 atom stereocenters. The zero-order valence-corrected chi connectivity index (χ0v) is 16.3. The van der Waals surface area contributed by atoms with Crippen molar-refractivity contribution < 1.29 is 0 Å². The average Bonchev–Trinajstić information content (AvgIpc) is 3.27. The lowest BCUT2D eigenvalue weighted by Crippen LogP contribution is -2.24. The van der Waals surface area contributed by atoms with Gasteiger partial charge >= 0.3 is 0 Å². The van der Waals surface area contributed by atoms with E-state index in [2.05, 4.69) is 20.3 Å². The quantitative estimate of drug-likeness (QED) is 0.691. The fourth-order valence-electron chi connectivity index (χ4n) is 3.31. The molecule has 0 amide bonds. The summed E-state index contributed by atoms with van der Waals surface area (Å²) in [7, 11) is 0. The Bertz CT molecular complexity index is 982. The van der Waals surface area contributed by atoms with E-state index in [0.717, 1.165) is 30.0 Å². The van der Waals surface area contributed by atoms with Gasteiger partial charge in [0.15, 0.2) is 0 Å². The highest BCUT2D eigenvalue weighted by Gasteiger charge is 2.13. The molecular formula is C21H22ClN5O. The van der Waals surface area contributed by atoms with Gasteiger partial charge in [-0.3, -0.25) is 4.79 Å². The molecule has 0 unspecified atom stereocenters. The number of aromatic nitrogens is 3. The second kappa shape index (κ2) is 8.44. The van der Waals surface area contributed by atoms with Crippen LogP contribution in [0.1, 0.15) is 24.0 Å². The first-order chi connectivity index (χ1) is 13.7. The third-order valence-corrected chi connectivity index (χ3v) is 5.25. The lowest BCUT2D eigenvalue weighted by atomic mass is 10.2. The Balaban J connectivity index is 1.42. The number of rotatable bonds is 6. The van der Waals surface area contributed by atoms with Crippen LogP contribution < -0.4 is 15.8 Å². The molecule has 28 heavy (non-hydrogen) atoms. The number of hydrogen-bond donors (Lipinski definition) is 1. The minimum absolute atomic E-state index is 0.146. The summed E-state index contributed by atoms with van der Waals surface area (Å²) in [6, 6.07) is 13.8. The standard InChI is InChI=1S/C21H22ClN5O/c22-20-18(14-25-27(21(20)28)15-16-6-2-1-3-7-16)23-12-17-8-9-19(24-13-17)26-10-4-5-11-26/h1-3,6-9,13-14,23H,4-5,10-12,15H2. The van der Waals surface area contributed by atoms with Gasteiger partial charge in [-0.1, -0.05) is 48.0 Å². The molecule has 0 radical (unpaired) electrons. The maximum absolute atomic E-state index is 12.5. The van der Waals surface area contributed by atoms with Crippen LogP contribution in [0.2, 0.25) is 5.02 Å². The second-order valence-corrected chi connectivity index (χ2v) is 7.27. The Kier molecular flexibility index (Phi) is 5.58. The van der Waals surface area contributed by atoms with Crippen molar-refractivity contribution in [2.75, 3.05) is 23.3 Å². The number of anilines is 2. The molecule has 1 N–H and O–H groups in total. The average molecular weight is 396 g/mol. The van der Waals surface area contributed by atoms with Gasteiger partial charge in [0.1, 0.15) is 10.8 Å². The largest absolute Gasteiger partial charge is 0.378 e. The van der Waals surface area contributed by atoms with Crippen molar-refractivity contribution in [3.8, 4) is 0 Å². The van der Waals surface area contributed by atoms with Crippen molar-refractivity contribution in [3.05, 3.63) is 81.4 Å². The molecule has 0 aliphatic carbocycles. The van der Waals surface area contributed by atoms with E-state index in [1.807, 2.05) is 48.7 Å². The number of hydrogen-bond acceptors (Lipinski definition) is 5. The van der Waals surface area contributed by atoms with Crippen LogP contribution in [0.5, 0.6) is 0 Å². The molecule has 3 aromatic rings. The Morgan fingerprint density at radius 2 is 1.79 bits per heavy atom. The fourth-order valence-corrected chi connectivity index (χ4v) is 3.52. The molecule has 0 bridgehead atoms. The predicted molar refractivity (Wildman–Crippen MR) is 112 cm³/mol. The van der Waals surface area contributed by atoms with Crippen molar-refractivity contribution in [1.29, 1.82) is 0 Å². The van der Waals surface area contributed by atoms with Crippen LogP contribution in [0.15, 0.2) is 59.7 Å². The highest BCUT2D eigenvalue weighted by Crippen LogP contribution is 2.19. The first-order valence-electron chi connectivity index (χ1n) is 9.44. The highest BCUT2D eigenvalue weighted by atomic mass is 35.5. The number of nitrogens with one attached hydrogen (secondary N) is 1. The molecule has 2 aromatic heterocycles. The summed E-state index contributed by atoms with van der Waals surface area (Å²) in [6.45, 7) is 3.06. The monoisotopic (exact) mass is 395 g/mol. The van der Waals surface area contributed by atoms with Crippen molar-refractivity contribution in [2.45, 2.75) is 25.9 Å². The van der Waals surface area contributed by atoms with E-state index in [0.29, 0.717) is 18.8 Å². The molecule has 7 heteroatoms. The molecule has 1 fully saturated rings. The summed E-state index contributed by atoms with van der Waals surface area (Å²) < 4.78 is 1.37. The van der Waals surface area contributed by atoms with Crippen molar-refractivity contribution in [3.63, 3.8) is 0 Å². The van der Waals surface area contributed by atoms with Gasteiger partial charge in [-0.15, -0.1) is 0 Å². The summed E-state index contributed by atoms with van der Waals surface area (Å²) in [5, 5.41) is 7.58. The van der Waals surface area contributed by atoms with E-state index in [1.54, 1.807) is 6.20 Å². The van der Waals surface area contributed by atoms with Gasteiger partial charge in [0.25, 0.3) is 5.56 Å². The summed E-state index contributed by atoms with van der Waals surface area (Å²) >= 11 is 6.28. The van der Waals surface area contributed by atoms with E-state index >= 15 is 0 Å². The third kappa shape index (κ3) is 4.17. The Morgan fingerprint density at radius 3 is 2.50 bits per heavy atom. The maximum Gasteiger partial charge on any atom is 0.287 e. The summed E-state index contributed by atoms with van der Waals surface area (Å²) in [6.07, 6.45) is 5.91. The fraction of sp³-hybridized carbons (Fsp3) is 0.286. The van der Waals surface area contributed by atoms with Crippen LogP contribution in [0.4, 0.5) is 11.5 Å². The van der Waals surface area contributed by atoms with Gasteiger partial charge < -0.3 is 10.2 Å². The van der Waals surface area contributed by atoms with Gasteiger partial charge in [-0.05, 0) is 30.0 Å². The van der Waals surface area contributed by atoms with E-state index in [-0.39, 0.29) is 10.6 Å². The molecule has 6 nitrogen and oxygen atoms in total. The van der Waals surface area contributed by atoms with Crippen LogP contribution in [-0.4, -0.2) is 27.9 Å². The van der Waals surface area contributed by atoms with E-state index in [1.165, 1.54) is 17.5 Å². The SMILES string of the molecule is O=c1c(Cl)c(NCc2ccc(N3CCCC3)nc2)cnn1Cc1ccccc1. The Labute approximate surface area is 168 Å². The van der Waals surface area contributed by atoms with Crippen LogP contribution in [-0.2, 0) is 13.1 Å². The predicted octanol–water partition coefficient (Wildman–Crippen LogP) is 3.55. The lowest BCUT2D eigenvalue weighted by molar-refractivity contribution is 0.640. The van der Waals surface area contributed by atoms with Crippen LogP contribution >= 0.6 is 11.6 Å². The van der Waals surface area contributed by atoms with Gasteiger partial charge in [0.05, 0.1) is 18.4 Å². The Hall–Kier alpha value is -2.86. The van der Waals surface area contributed by atoms with Crippen molar-refractivity contribution in [1.82, 2.24) is 14.8 Å². The summed E-state index contributed by atoms with van der Waals surface area (Å²) in [4.78, 5) is 19.3. The molecule has 3 heterocycles. The first-order valence-corrected chi connectivity index (χ1v) is 9.82. The minimum Gasteiger partial charge on any atom is -0.378 e. The van der Waals surface area contributed by atoms with Gasteiger partial charge in [-0.2, -0.15) is 5.10 Å². The molecule has 0 saturated carbocycles. The van der Waals surface area contributed by atoms with E-state index in [4.69, 9.17) is 11.6 Å². The second-order valence-electron chi connectivity index (χ2n) is 6.89. The summed E-state index contributed by atoms with van der Waals surface area (Å²) in [5.74, 6) is 1.02. The number of halogens is 1. The topological polar surface area (TPSA) is 63.1 Å². The van der Waals surface area contributed by atoms with Gasteiger partial charge in [-0.25, -0.2) is 9.67 Å². The molecule has 4 rings (SSSR count). The van der Waals surface area contributed by atoms with Crippen molar-refractivity contribution >= 4 is 23.1 Å². The smallest absolute Gasteiger partial charge is 0.287 e. The molecule has 1 aliphatic rings. The van der Waals surface area contributed by atoms with Crippen LogP contribution in [0, 0.1) is 0 Å². The van der Waals surface area contributed by atoms with E-state index < -0.39 is 0 Å². The van der Waals surface area contributed by atoms with Gasteiger partial charge in [0, 0.05) is 25.8 Å². The molecular weight excluding hydrogens is 374 g/mol. The van der Waals surface area contributed by atoms with Gasteiger partial charge in [0.2, 0.25) is 0 Å². The number of benzene rings is 1. The molecule has 0 spiro atoms. The molecule has 1 saturated heterocycles. The van der Waals surface area contributed by atoms with Crippen LogP contribution in [0.25, 0.3) is 0 Å². The summed E-state index contributed by atoms with van der Waals surface area (Å²) in [5.41, 5.74) is 2.24. The van der Waals surface area contributed by atoms with E-state index in [9.17, 15) is 4.79 Å². The molecule has 1 aliphatic heterocycles. The third-order valence-electron chi connectivity index (χ3n) is 4.88. The molecule has 144 valence electrons. The zero-order chi connectivity index (χ0) is 19.3. The van der Waals surface area contributed by atoms with Crippen LogP contribution in [0.3, 0.4) is 0 Å².